The van der Waals surface area contributed by atoms with E-state index in [0.29, 0.717) is 5.92 Å². The number of nitrogens with zero attached hydrogens (tertiary/aromatic N) is 1. The minimum atomic E-state index is 0.145. The molecule has 47 heavy (non-hydrogen) atoms. The highest BCUT2D eigenvalue weighted by Crippen LogP contribution is 2.46. The third-order valence-corrected chi connectivity index (χ3v) is 9.81. The molecule has 0 saturated carbocycles. The van der Waals surface area contributed by atoms with E-state index in [0.717, 1.165) is 61.4 Å². The van der Waals surface area contributed by atoms with Crippen molar-refractivity contribution in [1.29, 1.82) is 0 Å². The number of nitrogens with one attached hydrogen (secondary N) is 1. The molecule has 2 aromatic heterocycles. The first-order valence-corrected chi connectivity index (χ1v) is 16.2. The van der Waals surface area contributed by atoms with Crippen LogP contribution in [0.1, 0.15) is 6.42 Å². The first kappa shape index (κ1) is 26.2. The van der Waals surface area contributed by atoms with Crippen LogP contribution in [0.25, 0.3) is 66.1 Å². The van der Waals surface area contributed by atoms with E-state index in [1.54, 1.807) is 0 Å². The molecule has 2 unspecified atom stereocenters. The summed E-state index contributed by atoms with van der Waals surface area (Å²) in [5.74, 6) is 0.370. The van der Waals surface area contributed by atoms with Crippen LogP contribution in [0.4, 0.5) is 17.1 Å². The number of furan rings is 2. The minimum absolute atomic E-state index is 0.145. The highest BCUT2D eigenvalue weighted by Gasteiger charge is 2.34. The van der Waals surface area contributed by atoms with Gasteiger partial charge < -0.3 is 19.1 Å². The first-order valence-electron chi connectivity index (χ1n) is 16.2. The molecule has 6 aromatic carbocycles. The van der Waals surface area contributed by atoms with E-state index in [-0.39, 0.29) is 6.17 Å². The van der Waals surface area contributed by atoms with Crippen LogP contribution in [0.15, 0.2) is 161 Å². The molecule has 224 valence electrons. The number of fused-ring (bicyclic) bond motifs is 8. The quantitative estimate of drug-likeness (QED) is 0.216. The summed E-state index contributed by atoms with van der Waals surface area (Å²) in [4.78, 5) is 2.46. The highest BCUT2D eigenvalue weighted by molar-refractivity contribution is 6.25. The number of para-hydroxylation sites is 4. The Morgan fingerprint density at radius 3 is 2.19 bits per heavy atom. The predicted octanol–water partition coefficient (Wildman–Crippen LogP) is 11.8. The lowest BCUT2D eigenvalue weighted by Crippen LogP contribution is -2.38. The van der Waals surface area contributed by atoms with Crippen molar-refractivity contribution in [3.05, 3.63) is 152 Å². The van der Waals surface area contributed by atoms with Crippen LogP contribution >= 0.6 is 0 Å². The summed E-state index contributed by atoms with van der Waals surface area (Å²) in [6.45, 7) is 0. The zero-order chi connectivity index (χ0) is 30.9. The molecule has 1 N–H and O–H groups in total. The van der Waals surface area contributed by atoms with E-state index in [4.69, 9.17) is 8.83 Å². The Kier molecular flexibility index (Phi) is 5.73. The van der Waals surface area contributed by atoms with E-state index in [9.17, 15) is 0 Å². The molecule has 4 heteroatoms. The van der Waals surface area contributed by atoms with Crippen molar-refractivity contribution in [2.45, 2.75) is 12.6 Å². The second kappa shape index (κ2) is 10.3. The lowest BCUT2D eigenvalue weighted by Gasteiger charge is -2.32. The number of allylic oxidation sites excluding steroid dienone is 3. The summed E-state index contributed by atoms with van der Waals surface area (Å²) < 4.78 is 13.0. The molecule has 0 saturated heterocycles. The van der Waals surface area contributed by atoms with Crippen molar-refractivity contribution < 1.29 is 8.83 Å². The van der Waals surface area contributed by atoms with Crippen molar-refractivity contribution in [1.82, 2.24) is 0 Å². The molecule has 0 fully saturated rings. The first-order chi connectivity index (χ1) is 23.3. The van der Waals surface area contributed by atoms with Gasteiger partial charge in [-0.25, -0.2) is 0 Å². The van der Waals surface area contributed by atoms with Gasteiger partial charge in [-0.05, 0) is 65.6 Å². The van der Waals surface area contributed by atoms with E-state index < -0.39 is 0 Å². The second-order valence-corrected chi connectivity index (χ2v) is 12.5. The molecular weight excluding hydrogens is 576 g/mol. The molecule has 0 spiro atoms. The molecule has 0 radical (unpaired) electrons. The Bertz CT molecular complexity index is 2550. The Labute approximate surface area is 271 Å². The van der Waals surface area contributed by atoms with Crippen LogP contribution in [0.3, 0.4) is 0 Å². The van der Waals surface area contributed by atoms with Gasteiger partial charge in [0.2, 0.25) is 0 Å². The molecule has 1 aliphatic heterocycles. The van der Waals surface area contributed by atoms with Crippen molar-refractivity contribution in [2.75, 3.05) is 10.2 Å². The number of anilines is 3. The zero-order valence-electron chi connectivity index (χ0n) is 25.6. The van der Waals surface area contributed by atoms with Gasteiger partial charge in [-0.1, -0.05) is 109 Å². The minimum Gasteiger partial charge on any atom is -0.455 e. The fourth-order valence-corrected chi connectivity index (χ4v) is 7.57. The van der Waals surface area contributed by atoms with Crippen LogP contribution in [0, 0.1) is 5.92 Å². The molecule has 2 aliphatic rings. The van der Waals surface area contributed by atoms with Gasteiger partial charge in [-0.3, -0.25) is 0 Å². The lowest BCUT2D eigenvalue weighted by atomic mass is 9.95. The van der Waals surface area contributed by atoms with Crippen LogP contribution in [0.5, 0.6) is 0 Å². The summed E-state index contributed by atoms with van der Waals surface area (Å²) in [6.07, 6.45) is 10.0. The van der Waals surface area contributed by atoms with Gasteiger partial charge in [-0.2, -0.15) is 0 Å². The molecular formula is C43H30N2O2. The molecule has 0 amide bonds. The van der Waals surface area contributed by atoms with Crippen LogP contribution < -0.4 is 10.2 Å². The van der Waals surface area contributed by atoms with E-state index in [1.807, 2.05) is 24.3 Å². The zero-order valence-corrected chi connectivity index (χ0v) is 25.6. The largest absolute Gasteiger partial charge is 0.455 e. The van der Waals surface area contributed by atoms with E-state index in [2.05, 4.69) is 138 Å². The topological polar surface area (TPSA) is 41.5 Å². The Hall–Kier alpha value is -6.00. The summed E-state index contributed by atoms with van der Waals surface area (Å²) in [5, 5.41) is 8.11. The number of hydrogen-bond acceptors (Lipinski definition) is 4. The molecule has 1 aliphatic carbocycles. The standard InChI is InChI=1S/C43H30N2O2/c1-2-11-29(12-3-1)43-44-36-17-6-7-18-37(36)45(43)31-14-10-13-30(25-31)27-21-23-28(24-22-27)34-26-35-32-15-4-8-19-38(32)46-42(35)40-33-16-5-9-20-39(33)47-41(34)40/h1-11,13-26,29,43-44H,12H2. The fourth-order valence-electron chi connectivity index (χ4n) is 7.57. The molecule has 10 rings (SSSR count). The highest BCUT2D eigenvalue weighted by atomic mass is 16.3. The maximum absolute atomic E-state index is 6.54. The Morgan fingerprint density at radius 2 is 1.34 bits per heavy atom. The molecule has 3 heterocycles. The van der Waals surface area contributed by atoms with Crippen LogP contribution in [-0.2, 0) is 0 Å². The average Bonchev–Trinajstić information content (AvgIpc) is 3.83. The van der Waals surface area contributed by atoms with Gasteiger partial charge in [0.15, 0.2) is 0 Å². The molecule has 8 aromatic rings. The summed E-state index contributed by atoms with van der Waals surface area (Å²) in [7, 11) is 0. The van der Waals surface area contributed by atoms with Gasteiger partial charge in [0.1, 0.15) is 28.5 Å². The summed E-state index contributed by atoms with van der Waals surface area (Å²) in [6, 6.07) is 45.1. The molecule has 4 nitrogen and oxygen atoms in total. The van der Waals surface area contributed by atoms with Gasteiger partial charge in [-0.15, -0.1) is 0 Å². The van der Waals surface area contributed by atoms with E-state index >= 15 is 0 Å². The fraction of sp³-hybridized carbons (Fsp3) is 0.0698. The van der Waals surface area contributed by atoms with Gasteiger partial charge in [0.05, 0.1) is 16.8 Å². The maximum atomic E-state index is 6.54. The van der Waals surface area contributed by atoms with Crippen molar-refractivity contribution >= 4 is 60.9 Å². The normalized spacial score (nSPS) is 17.2. The molecule has 0 bridgehead atoms. The van der Waals surface area contributed by atoms with E-state index in [1.165, 1.54) is 28.2 Å². The van der Waals surface area contributed by atoms with Gasteiger partial charge >= 0.3 is 0 Å². The van der Waals surface area contributed by atoms with Crippen LogP contribution in [0.2, 0.25) is 0 Å². The number of hydrogen-bond donors (Lipinski definition) is 1. The third-order valence-electron chi connectivity index (χ3n) is 9.81. The number of benzene rings is 6. The Morgan fingerprint density at radius 1 is 0.596 bits per heavy atom. The molecule has 2 atom stereocenters. The van der Waals surface area contributed by atoms with Gasteiger partial charge in [0.25, 0.3) is 0 Å². The predicted molar refractivity (Wildman–Crippen MR) is 194 cm³/mol. The third kappa shape index (κ3) is 4.08. The lowest BCUT2D eigenvalue weighted by molar-refractivity contribution is 0.552. The average molecular weight is 607 g/mol. The number of rotatable bonds is 4. The smallest absolute Gasteiger partial charge is 0.147 e. The maximum Gasteiger partial charge on any atom is 0.147 e. The summed E-state index contributed by atoms with van der Waals surface area (Å²) in [5.41, 5.74) is 11.6. The van der Waals surface area contributed by atoms with Gasteiger partial charge in [0, 0.05) is 33.3 Å². The monoisotopic (exact) mass is 606 g/mol. The summed E-state index contributed by atoms with van der Waals surface area (Å²) >= 11 is 0. The van der Waals surface area contributed by atoms with Crippen molar-refractivity contribution in [3.8, 4) is 22.3 Å². The van der Waals surface area contributed by atoms with Crippen molar-refractivity contribution in [2.24, 2.45) is 5.92 Å². The Balaban J connectivity index is 1.07. The van der Waals surface area contributed by atoms with Crippen LogP contribution in [-0.4, -0.2) is 6.17 Å². The SMILES string of the molecule is C1=CCC(C2Nc3ccccc3N2c2cccc(-c3ccc(-c4cc5c6ccccc6oc5c5c4oc4ccccc45)cc3)c2)C=C1. The second-order valence-electron chi connectivity index (χ2n) is 12.5. The van der Waals surface area contributed by atoms with Crippen molar-refractivity contribution in [3.63, 3.8) is 0 Å².